The number of ether oxygens (including phenoxy) is 2. The van der Waals surface area contributed by atoms with E-state index in [1.54, 1.807) is 19.1 Å². The summed E-state index contributed by atoms with van der Waals surface area (Å²) < 4.78 is 10.9. The minimum atomic E-state index is -1.86. The molecule has 3 aliphatic rings. The van der Waals surface area contributed by atoms with Crippen LogP contribution in [0.15, 0.2) is 67.0 Å². The Balaban J connectivity index is 1.80. The van der Waals surface area contributed by atoms with Crippen LogP contribution in [0.4, 0.5) is 4.79 Å². The second kappa shape index (κ2) is 9.67. The summed E-state index contributed by atoms with van der Waals surface area (Å²) in [4.78, 5) is 39.3. The van der Waals surface area contributed by atoms with Gasteiger partial charge in [-0.1, -0.05) is 62.9 Å². The van der Waals surface area contributed by atoms with Gasteiger partial charge in [0.25, 0.3) is 5.91 Å². The van der Waals surface area contributed by atoms with Gasteiger partial charge in [0.15, 0.2) is 5.78 Å². The maximum absolute atomic E-state index is 13.7. The van der Waals surface area contributed by atoms with Crippen LogP contribution in [0, 0.1) is 23.7 Å². The van der Waals surface area contributed by atoms with Crippen LogP contribution in [0.1, 0.15) is 32.8 Å². The van der Waals surface area contributed by atoms with E-state index in [-0.39, 0.29) is 12.3 Å². The summed E-state index contributed by atoms with van der Waals surface area (Å²) in [7, 11) is 0. The average Bonchev–Trinajstić information content (AvgIpc) is 3.10. The Hall–Kier alpha value is -3.23. The number of hydrogen-bond donors (Lipinski definition) is 3. The molecule has 8 unspecified atom stereocenters. The maximum Gasteiger partial charge on any atom is 0.514 e. The number of rotatable bonds is 2. The number of carbonyl (C=O) groups is 3. The van der Waals surface area contributed by atoms with E-state index in [1.807, 2.05) is 37.3 Å². The predicted octanol–water partition coefficient (Wildman–Crippen LogP) is 2.85. The Morgan fingerprint density at radius 3 is 2.56 bits per heavy atom. The molecule has 2 fully saturated rings. The fourth-order valence-corrected chi connectivity index (χ4v) is 5.86. The lowest BCUT2D eigenvalue weighted by Crippen LogP contribution is -2.61. The number of ketones is 1. The van der Waals surface area contributed by atoms with Crippen molar-refractivity contribution < 1.29 is 34.1 Å². The van der Waals surface area contributed by atoms with Crippen molar-refractivity contribution >= 4 is 17.8 Å². The molecule has 1 aromatic carbocycles. The third kappa shape index (κ3) is 4.40. The largest absolute Gasteiger partial charge is 0.514 e. The monoisotopic (exact) mass is 495 g/mol. The van der Waals surface area contributed by atoms with Gasteiger partial charge in [0.1, 0.15) is 5.60 Å². The van der Waals surface area contributed by atoms with Gasteiger partial charge in [-0.15, -0.1) is 0 Å². The summed E-state index contributed by atoms with van der Waals surface area (Å²) in [6, 6.07) is 9.26. The summed E-state index contributed by atoms with van der Waals surface area (Å²) in [5.74, 6) is -3.41. The van der Waals surface area contributed by atoms with Crippen molar-refractivity contribution in [1.29, 1.82) is 0 Å². The summed E-state index contributed by atoms with van der Waals surface area (Å²) in [5.41, 5.74) is -2.08. The number of allylic oxidation sites excluding steroid dienone is 1. The van der Waals surface area contributed by atoms with Gasteiger partial charge in [-0.3, -0.25) is 9.59 Å². The van der Waals surface area contributed by atoms with Crippen molar-refractivity contribution in [2.24, 2.45) is 23.7 Å². The van der Waals surface area contributed by atoms with Crippen LogP contribution in [0.5, 0.6) is 0 Å². The molecule has 1 saturated carbocycles. The minimum Gasteiger partial charge on any atom is -0.416 e. The topological polar surface area (TPSA) is 122 Å². The molecule has 0 aromatic heterocycles. The first-order chi connectivity index (χ1) is 17.0. The van der Waals surface area contributed by atoms with E-state index < -0.39 is 58.9 Å². The fraction of sp³-hybridized carbons (Fsp3) is 0.464. The number of aliphatic hydroxyl groups is 2. The normalized spacial score (nSPS) is 39.0. The third-order valence-electron chi connectivity index (χ3n) is 7.83. The van der Waals surface area contributed by atoms with Crippen molar-refractivity contribution in [2.75, 3.05) is 0 Å². The van der Waals surface area contributed by atoms with E-state index in [0.29, 0.717) is 12.0 Å². The van der Waals surface area contributed by atoms with Gasteiger partial charge in [0.05, 0.1) is 18.3 Å². The van der Waals surface area contributed by atoms with Crippen LogP contribution >= 0.6 is 0 Å². The zero-order valence-electron chi connectivity index (χ0n) is 20.7. The van der Waals surface area contributed by atoms with Crippen LogP contribution in [-0.2, 0) is 25.5 Å². The first kappa shape index (κ1) is 25.9. The Labute approximate surface area is 210 Å². The van der Waals surface area contributed by atoms with Gasteiger partial charge >= 0.3 is 6.16 Å². The Kier molecular flexibility index (Phi) is 6.94. The molecule has 1 aromatic rings. The van der Waals surface area contributed by atoms with Gasteiger partial charge in [-0.25, -0.2) is 4.79 Å². The Morgan fingerprint density at radius 1 is 1.17 bits per heavy atom. The minimum absolute atomic E-state index is 0.249. The number of carbonyl (C=O) groups excluding carboxylic acids is 3. The molecule has 0 radical (unpaired) electrons. The van der Waals surface area contributed by atoms with Crippen molar-refractivity contribution in [1.82, 2.24) is 5.32 Å². The number of hydrogen-bond acceptors (Lipinski definition) is 7. The summed E-state index contributed by atoms with van der Waals surface area (Å²) in [5, 5.41) is 24.8. The second-order valence-electron chi connectivity index (χ2n) is 10.3. The van der Waals surface area contributed by atoms with E-state index in [4.69, 9.17) is 9.47 Å². The van der Waals surface area contributed by atoms with Crippen LogP contribution in [0.2, 0.25) is 0 Å². The quantitative estimate of drug-likeness (QED) is 0.426. The number of cyclic esters (lactones) is 1. The highest BCUT2D eigenvalue weighted by Crippen LogP contribution is 2.52. The number of amides is 1. The van der Waals surface area contributed by atoms with Crippen molar-refractivity contribution in [3.63, 3.8) is 0 Å². The van der Waals surface area contributed by atoms with E-state index >= 15 is 0 Å². The molecule has 1 spiro atoms. The highest BCUT2D eigenvalue weighted by atomic mass is 16.7. The lowest BCUT2D eigenvalue weighted by Gasteiger charge is -2.48. The van der Waals surface area contributed by atoms with E-state index in [1.165, 1.54) is 6.92 Å². The molecule has 8 atom stereocenters. The van der Waals surface area contributed by atoms with Crippen LogP contribution in [-0.4, -0.2) is 51.4 Å². The summed E-state index contributed by atoms with van der Waals surface area (Å²) >= 11 is 0. The van der Waals surface area contributed by atoms with E-state index in [2.05, 4.69) is 11.9 Å². The molecular weight excluding hydrogens is 462 g/mol. The molecule has 3 N–H and O–H groups in total. The third-order valence-corrected chi connectivity index (χ3v) is 7.83. The van der Waals surface area contributed by atoms with Crippen LogP contribution < -0.4 is 5.32 Å². The Bertz CT molecular complexity index is 1110. The molecule has 4 rings (SSSR count). The first-order valence-corrected chi connectivity index (χ1v) is 12.2. The molecule has 2 heterocycles. The van der Waals surface area contributed by atoms with Gasteiger partial charge in [-0.2, -0.15) is 0 Å². The highest BCUT2D eigenvalue weighted by Gasteiger charge is 2.68. The molecule has 36 heavy (non-hydrogen) atoms. The summed E-state index contributed by atoms with van der Waals surface area (Å²) in [6.07, 6.45) is 3.68. The first-order valence-electron chi connectivity index (χ1n) is 12.2. The van der Waals surface area contributed by atoms with Gasteiger partial charge in [-0.05, 0) is 42.9 Å². The van der Waals surface area contributed by atoms with Crippen molar-refractivity contribution in [2.45, 2.75) is 57.0 Å². The number of benzene rings is 1. The lowest BCUT2D eigenvalue weighted by molar-refractivity contribution is -0.159. The molecule has 8 heteroatoms. The average molecular weight is 496 g/mol. The molecule has 1 saturated heterocycles. The van der Waals surface area contributed by atoms with Gasteiger partial charge in [0, 0.05) is 17.9 Å². The SMILES string of the molecule is C=C1C(C)C2C(Cc3ccccc3)NC(=O)C23OC(=O)OC=CC(C)(O)C(=O)C(C)CC=CC3C1O. The van der Waals surface area contributed by atoms with E-state index in [0.717, 1.165) is 17.9 Å². The van der Waals surface area contributed by atoms with Crippen LogP contribution in [0.3, 0.4) is 0 Å². The standard InChI is InChI=1S/C28H33NO7/c1-16-9-8-12-20-23(30)18(3)17(2)22-21(15-19-10-6-5-7-11-19)29-25(32)28(20,22)36-26(33)35-14-13-27(4,34)24(16)31/h5-8,10-14,16-17,20-23,30,34H,3,9,15H2,1-2,4H3,(H,29,32). The van der Waals surface area contributed by atoms with Crippen LogP contribution in [0.25, 0.3) is 0 Å². The molecule has 192 valence electrons. The number of aliphatic hydroxyl groups excluding tert-OH is 1. The Morgan fingerprint density at radius 2 is 1.86 bits per heavy atom. The predicted molar refractivity (Wildman–Crippen MR) is 131 cm³/mol. The molecular formula is C28H33NO7. The molecule has 8 nitrogen and oxygen atoms in total. The molecule has 2 aliphatic heterocycles. The molecule has 1 aliphatic carbocycles. The maximum atomic E-state index is 13.7. The number of nitrogens with one attached hydrogen (secondary N) is 1. The fourth-order valence-electron chi connectivity index (χ4n) is 5.86. The smallest absolute Gasteiger partial charge is 0.416 e. The van der Waals surface area contributed by atoms with Crippen molar-refractivity contribution in [3.8, 4) is 0 Å². The second-order valence-corrected chi connectivity index (χ2v) is 10.3. The lowest BCUT2D eigenvalue weighted by atomic mass is 9.59. The molecule has 1 amide bonds. The van der Waals surface area contributed by atoms with Crippen molar-refractivity contribution in [3.05, 3.63) is 72.5 Å². The molecule has 0 bridgehead atoms. The van der Waals surface area contributed by atoms with E-state index in [9.17, 15) is 24.6 Å². The van der Waals surface area contributed by atoms with Gasteiger partial charge in [0.2, 0.25) is 5.60 Å². The highest BCUT2D eigenvalue weighted by molar-refractivity contribution is 5.92. The summed E-state index contributed by atoms with van der Waals surface area (Å²) in [6.45, 7) is 8.95. The zero-order valence-corrected chi connectivity index (χ0v) is 20.7. The number of Topliss-reactive ketones (excluding diaryl/α,β-unsaturated/α-hetero) is 1. The zero-order chi connectivity index (χ0) is 26.3. The van der Waals surface area contributed by atoms with Gasteiger partial charge < -0.3 is 25.0 Å².